The second-order valence-corrected chi connectivity index (χ2v) is 5.31. The number of ether oxygens (including phenoxy) is 1. The Kier molecular flexibility index (Phi) is 4.26. The standard InChI is InChI=1S/C10H15F3N4OS/c1-18-7-2-3-17(6(4-7)5-14)9-16-15-8(19-9)10(11,12)13/h6-7H,2-5,14H2,1H3. The molecule has 5 nitrogen and oxygen atoms in total. The summed E-state index contributed by atoms with van der Waals surface area (Å²) >= 11 is 0.557. The average molecular weight is 296 g/mol. The average Bonchev–Trinajstić information content (AvgIpc) is 2.87. The predicted octanol–water partition coefficient (Wildman–Crippen LogP) is 1.50. The summed E-state index contributed by atoms with van der Waals surface area (Å²) in [6.07, 6.45) is -2.92. The second-order valence-electron chi connectivity index (χ2n) is 4.35. The van der Waals surface area contributed by atoms with Crippen LogP contribution >= 0.6 is 11.3 Å². The molecule has 2 heterocycles. The zero-order valence-corrected chi connectivity index (χ0v) is 11.2. The van der Waals surface area contributed by atoms with Gasteiger partial charge in [-0.25, -0.2) is 0 Å². The third-order valence-electron chi connectivity index (χ3n) is 3.18. The number of halogens is 3. The molecule has 0 radical (unpaired) electrons. The van der Waals surface area contributed by atoms with Gasteiger partial charge in [0, 0.05) is 26.2 Å². The number of rotatable bonds is 3. The van der Waals surface area contributed by atoms with E-state index in [2.05, 4.69) is 10.2 Å². The fourth-order valence-corrected chi connectivity index (χ4v) is 2.96. The summed E-state index contributed by atoms with van der Waals surface area (Å²) < 4.78 is 42.8. The Hall–Kier alpha value is -0.930. The third-order valence-corrected chi connectivity index (χ3v) is 4.18. The Labute approximate surface area is 112 Å². The lowest BCUT2D eigenvalue weighted by Crippen LogP contribution is -2.48. The fraction of sp³-hybridized carbons (Fsp3) is 0.800. The molecule has 2 rings (SSSR count). The highest BCUT2D eigenvalue weighted by Gasteiger charge is 2.37. The maximum absolute atomic E-state index is 12.5. The van der Waals surface area contributed by atoms with Crippen molar-refractivity contribution < 1.29 is 17.9 Å². The Bertz CT molecular complexity index is 425. The number of anilines is 1. The Morgan fingerprint density at radius 3 is 2.74 bits per heavy atom. The van der Waals surface area contributed by atoms with Gasteiger partial charge in [-0.2, -0.15) is 13.2 Å². The molecule has 0 aliphatic carbocycles. The van der Waals surface area contributed by atoms with Crippen LogP contribution in [0.2, 0.25) is 0 Å². The van der Waals surface area contributed by atoms with Crippen molar-refractivity contribution in [1.29, 1.82) is 0 Å². The first kappa shape index (κ1) is 14.5. The number of hydrogen-bond acceptors (Lipinski definition) is 6. The third kappa shape index (κ3) is 3.15. The van der Waals surface area contributed by atoms with Gasteiger partial charge >= 0.3 is 6.18 Å². The van der Waals surface area contributed by atoms with Gasteiger partial charge in [0.05, 0.1) is 6.10 Å². The van der Waals surface area contributed by atoms with Gasteiger partial charge in [-0.05, 0) is 12.8 Å². The van der Waals surface area contributed by atoms with Crippen LogP contribution in [0, 0.1) is 0 Å². The van der Waals surface area contributed by atoms with Crippen LogP contribution in [0.15, 0.2) is 0 Å². The predicted molar refractivity (Wildman–Crippen MR) is 65.1 cm³/mol. The van der Waals surface area contributed by atoms with Gasteiger partial charge in [0.25, 0.3) is 0 Å². The zero-order valence-electron chi connectivity index (χ0n) is 10.4. The van der Waals surface area contributed by atoms with E-state index in [1.807, 2.05) is 0 Å². The lowest BCUT2D eigenvalue weighted by atomic mass is 10.00. The van der Waals surface area contributed by atoms with Crippen molar-refractivity contribution in [2.24, 2.45) is 5.73 Å². The van der Waals surface area contributed by atoms with E-state index in [0.717, 1.165) is 6.42 Å². The fourth-order valence-electron chi connectivity index (χ4n) is 2.15. The summed E-state index contributed by atoms with van der Waals surface area (Å²) in [5, 5.41) is 6.19. The molecule has 0 bridgehead atoms. The molecule has 2 atom stereocenters. The summed E-state index contributed by atoms with van der Waals surface area (Å²) in [7, 11) is 1.63. The molecule has 0 saturated carbocycles. The van der Waals surface area contributed by atoms with Crippen LogP contribution in [0.1, 0.15) is 17.8 Å². The summed E-state index contributed by atoms with van der Waals surface area (Å²) in [5.74, 6) is 0. The smallest absolute Gasteiger partial charge is 0.381 e. The zero-order chi connectivity index (χ0) is 14.0. The van der Waals surface area contributed by atoms with Crippen molar-refractivity contribution in [2.75, 3.05) is 25.1 Å². The highest BCUT2D eigenvalue weighted by atomic mass is 32.1. The van der Waals surface area contributed by atoms with Crippen LogP contribution in [0.4, 0.5) is 18.3 Å². The normalized spacial score (nSPS) is 24.8. The quantitative estimate of drug-likeness (QED) is 0.915. The lowest BCUT2D eigenvalue weighted by Gasteiger charge is -2.37. The minimum Gasteiger partial charge on any atom is -0.381 e. The van der Waals surface area contributed by atoms with E-state index < -0.39 is 11.2 Å². The van der Waals surface area contributed by atoms with Crippen LogP contribution in [-0.2, 0) is 10.9 Å². The van der Waals surface area contributed by atoms with E-state index in [1.54, 1.807) is 12.0 Å². The van der Waals surface area contributed by atoms with Crippen molar-refractivity contribution in [3.63, 3.8) is 0 Å². The van der Waals surface area contributed by atoms with Crippen molar-refractivity contribution in [1.82, 2.24) is 10.2 Å². The van der Waals surface area contributed by atoms with Gasteiger partial charge in [0.2, 0.25) is 10.1 Å². The summed E-state index contributed by atoms with van der Waals surface area (Å²) in [6.45, 7) is 0.924. The van der Waals surface area contributed by atoms with Crippen molar-refractivity contribution in [3.8, 4) is 0 Å². The summed E-state index contributed by atoms with van der Waals surface area (Å²) in [4.78, 5) is 1.79. The monoisotopic (exact) mass is 296 g/mol. The first-order valence-electron chi connectivity index (χ1n) is 5.86. The Balaban J connectivity index is 2.14. The number of piperidine rings is 1. The molecule has 1 fully saturated rings. The maximum Gasteiger partial charge on any atom is 0.445 e. The molecule has 1 aromatic heterocycles. The summed E-state index contributed by atoms with van der Waals surface area (Å²) in [5.41, 5.74) is 5.68. The number of nitrogens with zero attached hydrogens (tertiary/aromatic N) is 3. The van der Waals surface area contributed by atoms with Gasteiger partial charge in [-0.3, -0.25) is 0 Å². The first-order valence-corrected chi connectivity index (χ1v) is 6.67. The molecule has 0 amide bonds. The molecule has 0 aromatic carbocycles. The number of nitrogens with two attached hydrogens (primary N) is 1. The van der Waals surface area contributed by atoms with E-state index in [9.17, 15) is 13.2 Å². The first-order chi connectivity index (χ1) is 8.95. The molecule has 9 heteroatoms. The molecule has 108 valence electrons. The van der Waals surface area contributed by atoms with E-state index in [1.165, 1.54) is 0 Å². The molecule has 2 unspecified atom stereocenters. The topological polar surface area (TPSA) is 64.3 Å². The van der Waals surface area contributed by atoms with Crippen molar-refractivity contribution >= 4 is 16.5 Å². The molecular weight excluding hydrogens is 281 g/mol. The van der Waals surface area contributed by atoms with Crippen molar-refractivity contribution in [3.05, 3.63) is 5.01 Å². The van der Waals surface area contributed by atoms with Gasteiger partial charge in [0.15, 0.2) is 0 Å². The van der Waals surface area contributed by atoms with Crippen molar-refractivity contribution in [2.45, 2.75) is 31.2 Å². The summed E-state index contributed by atoms with van der Waals surface area (Å²) in [6, 6.07) is -0.0623. The second kappa shape index (κ2) is 5.59. The Morgan fingerprint density at radius 2 is 2.21 bits per heavy atom. The molecule has 0 spiro atoms. The molecule has 2 N–H and O–H groups in total. The number of methoxy groups -OCH3 is 1. The molecule has 1 saturated heterocycles. The van der Waals surface area contributed by atoms with E-state index >= 15 is 0 Å². The van der Waals surface area contributed by atoms with E-state index in [0.29, 0.717) is 30.8 Å². The van der Waals surface area contributed by atoms with Crippen LogP contribution in [-0.4, -0.2) is 42.5 Å². The van der Waals surface area contributed by atoms with Crippen LogP contribution < -0.4 is 10.6 Å². The highest BCUT2D eigenvalue weighted by Crippen LogP contribution is 2.36. The van der Waals surface area contributed by atoms with Gasteiger partial charge < -0.3 is 15.4 Å². The van der Waals surface area contributed by atoms with E-state index in [-0.39, 0.29) is 17.3 Å². The lowest BCUT2D eigenvalue weighted by molar-refractivity contribution is -0.138. The SMILES string of the molecule is COC1CCN(c2nnc(C(F)(F)F)s2)C(CN)C1. The Morgan fingerprint density at radius 1 is 1.47 bits per heavy atom. The molecule has 1 aromatic rings. The van der Waals surface area contributed by atoms with Crippen LogP contribution in [0.3, 0.4) is 0 Å². The van der Waals surface area contributed by atoms with E-state index in [4.69, 9.17) is 10.5 Å². The van der Waals surface area contributed by atoms with Gasteiger partial charge in [-0.15, -0.1) is 10.2 Å². The minimum absolute atomic E-state index is 0.0623. The molecule has 1 aliphatic heterocycles. The highest BCUT2D eigenvalue weighted by molar-refractivity contribution is 7.15. The van der Waals surface area contributed by atoms with Gasteiger partial charge in [0.1, 0.15) is 0 Å². The van der Waals surface area contributed by atoms with Crippen LogP contribution in [0.5, 0.6) is 0 Å². The largest absolute Gasteiger partial charge is 0.445 e. The maximum atomic E-state index is 12.5. The minimum atomic E-state index is -4.45. The molecule has 19 heavy (non-hydrogen) atoms. The molecule has 1 aliphatic rings. The molecular formula is C10H15F3N4OS. The number of alkyl halides is 3. The number of aromatic nitrogens is 2. The number of hydrogen-bond donors (Lipinski definition) is 1. The van der Waals surface area contributed by atoms with Crippen LogP contribution in [0.25, 0.3) is 0 Å². The van der Waals surface area contributed by atoms with Gasteiger partial charge in [-0.1, -0.05) is 11.3 Å².